The van der Waals surface area contributed by atoms with Gasteiger partial charge in [-0.3, -0.25) is 9.69 Å². The molecule has 1 amide bonds. The molecule has 28 heavy (non-hydrogen) atoms. The van der Waals surface area contributed by atoms with Crippen molar-refractivity contribution in [3.63, 3.8) is 0 Å². The number of nitrogens with zero attached hydrogens (tertiary/aromatic N) is 1. The second kappa shape index (κ2) is 7.64. The summed E-state index contributed by atoms with van der Waals surface area (Å²) in [5.74, 6) is 0.123. The number of anilines is 1. The summed E-state index contributed by atoms with van der Waals surface area (Å²) in [6, 6.07) is 10.3. The molecule has 1 heterocycles. The molecule has 0 bridgehead atoms. The fraction of sp³-hybridized carbons (Fsp3) is 0.0556. The molecule has 144 valence electrons. The highest BCUT2D eigenvalue weighted by molar-refractivity contribution is 8.20. The lowest BCUT2D eigenvalue weighted by Crippen LogP contribution is -2.26. The first-order chi connectivity index (χ1) is 13.1. The van der Waals surface area contributed by atoms with Crippen LogP contribution in [0.4, 0.5) is 28.4 Å². The van der Waals surface area contributed by atoms with Crippen molar-refractivity contribution in [1.29, 1.82) is 0 Å². The topological polar surface area (TPSA) is 66.8 Å². The Hall–Kier alpha value is -2.85. The number of amides is 1. The third-order valence-electron chi connectivity index (χ3n) is 3.61. The van der Waals surface area contributed by atoms with Gasteiger partial charge in [-0.15, -0.1) is 0 Å². The molecule has 5 nitrogen and oxygen atoms in total. The van der Waals surface area contributed by atoms with Gasteiger partial charge in [0.1, 0.15) is 10.7 Å². The average Bonchev–Trinajstić information content (AvgIpc) is 2.89. The number of rotatable bonds is 3. The Bertz CT molecular complexity index is 987. The van der Waals surface area contributed by atoms with Gasteiger partial charge in [-0.25, -0.2) is 4.79 Å². The molecular formula is C18H10F3NO4S2. The van der Waals surface area contributed by atoms with Gasteiger partial charge < -0.3 is 9.84 Å². The van der Waals surface area contributed by atoms with E-state index in [1.807, 2.05) is 0 Å². The molecule has 0 spiro atoms. The van der Waals surface area contributed by atoms with Gasteiger partial charge in [0.05, 0.1) is 16.2 Å². The lowest BCUT2D eigenvalue weighted by Gasteiger charge is -2.16. The van der Waals surface area contributed by atoms with Crippen LogP contribution in [0.2, 0.25) is 0 Å². The van der Waals surface area contributed by atoms with Crippen LogP contribution in [0.3, 0.4) is 0 Å². The van der Waals surface area contributed by atoms with E-state index in [1.54, 1.807) is 18.2 Å². The lowest BCUT2D eigenvalue weighted by atomic mass is 10.1. The zero-order valence-electron chi connectivity index (χ0n) is 13.8. The van der Waals surface area contributed by atoms with Crippen molar-refractivity contribution in [3.8, 4) is 5.75 Å². The van der Waals surface area contributed by atoms with Crippen LogP contribution in [-0.4, -0.2) is 21.5 Å². The second-order valence-electron chi connectivity index (χ2n) is 5.50. The second-order valence-corrected chi connectivity index (χ2v) is 6.88. The summed E-state index contributed by atoms with van der Waals surface area (Å²) in [6.07, 6.45) is -4.39. The number of halogens is 3. The smallest absolute Gasteiger partial charge is 0.449 e. The van der Waals surface area contributed by atoms with E-state index in [4.69, 9.17) is 17.3 Å². The summed E-state index contributed by atoms with van der Waals surface area (Å²) in [5.41, 5.74) is -0.232. The van der Waals surface area contributed by atoms with E-state index in [0.717, 1.165) is 28.8 Å². The number of thiocarbonyl (C=S) groups is 1. The Morgan fingerprint density at radius 1 is 1.18 bits per heavy atom. The number of carboxylic acid groups (broad SMARTS) is 1. The summed E-state index contributed by atoms with van der Waals surface area (Å²) >= 11 is 6.07. The SMILES string of the molecule is O=C(O)Oc1ccc(/C=C2\SC(=O)N(c3cccc(C(F)(F)F)c3)C2=S)cc1. The van der Waals surface area contributed by atoms with Gasteiger partial charge in [-0.2, -0.15) is 13.2 Å². The number of benzene rings is 2. The molecule has 0 aliphatic carbocycles. The van der Waals surface area contributed by atoms with Crippen molar-refractivity contribution < 1.29 is 32.6 Å². The van der Waals surface area contributed by atoms with Crippen molar-refractivity contribution >= 4 is 52.1 Å². The molecule has 2 aromatic rings. The van der Waals surface area contributed by atoms with Crippen LogP contribution < -0.4 is 9.64 Å². The maximum Gasteiger partial charge on any atom is 0.511 e. The number of ether oxygens (including phenoxy) is 1. The third-order valence-corrected chi connectivity index (χ3v) is 5.03. The molecule has 1 N–H and O–H groups in total. The molecule has 0 atom stereocenters. The van der Waals surface area contributed by atoms with Gasteiger partial charge in [-0.05, 0) is 53.7 Å². The van der Waals surface area contributed by atoms with Crippen molar-refractivity contribution in [3.05, 3.63) is 64.6 Å². The number of thioether (sulfide) groups is 1. The van der Waals surface area contributed by atoms with Crippen LogP contribution in [0.1, 0.15) is 11.1 Å². The number of hydrogen-bond acceptors (Lipinski definition) is 5. The first-order valence-corrected chi connectivity index (χ1v) is 8.84. The molecule has 3 rings (SSSR count). The van der Waals surface area contributed by atoms with Crippen molar-refractivity contribution in [2.45, 2.75) is 6.18 Å². The monoisotopic (exact) mass is 425 g/mol. The molecule has 0 saturated carbocycles. The zero-order chi connectivity index (χ0) is 20.5. The Kier molecular flexibility index (Phi) is 5.43. The summed E-state index contributed by atoms with van der Waals surface area (Å²) in [6.45, 7) is 0. The molecule has 1 fully saturated rings. The van der Waals surface area contributed by atoms with E-state index in [9.17, 15) is 22.8 Å². The van der Waals surface area contributed by atoms with E-state index in [-0.39, 0.29) is 16.4 Å². The van der Waals surface area contributed by atoms with Crippen LogP contribution >= 0.6 is 24.0 Å². The molecule has 1 saturated heterocycles. The van der Waals surface area contributed by atoms with Gasteiger partial charge in [-0.1, -0.05) is 30.4 Å². The first kappa shape index (κ1) is 19.9. The van der Waals surface area contributed by atoms with Crippen LogP contribution in [-0.2, 0) is 6.18 Å². The Labute approximate surface area is 166 Å². The van der Waals surface area contributed by atoms with Crippen LogP contribution in [0.5, 0.6) is 5.75 Å². The molecular weight excluding hydrogens is 415 g/mol. The quantitative estimate of drug-likeness (QED) is 0.290. The average molecular weight is 425 g/mol. The fourth-order valence-corrected chi connectivity index (χ4v) is 3.68. The first-order valence-electron chi connectivity index (χ1n) is 7.61. The van der Waals surface area contributed by atoms with Crippen molar-refractivity contribution in [1.82, 2.24) is 0 Å². The van der Waals surface area contributed by atoms with Gasteiger partial charge in [0.25, 0.3) is 5.24 Å². The molecule has 0 aromatic heterocycles. The highest BCUT2D eigenvalue weighted by atomic mass is 32.2. The summed E-state index contributed by atoms with van der Waals surface area (Å²) < 4.78 is 43.3. The van der Waals surface area contributed by atoms with E-state index < -0.39 is 23.1 Å². The minimum atomic E-state index is -4.54. The maximum absolute atomic E-state index is 12.9. The number of alkyl halides is 3. The van der Waals surface area contributed by atoms with Gasteiger partial charge in [0.2, 0.25) is 0 Å². The Morgan fingerprint density at radius 3 is 2.46 bits per heavy atom. The molecule has 0 unspecified atom stereocenters. The highest BCUT2D eigenvalue weighted by Crippen LogP contribution is 2.39. The highest BCUT2D eigenvalue weighted by Gasteiger charge is 2.35. The maximum atomic E-state index is 12.9. The van der Waals surface area contributed by atoms with Gasteiger partial charge >= 0.3 is 12.3 Å². The normalized spacial score (nSPS) is 16.0. The lowest BCUT2D eigenvalue weighted by molar-refractivity contribution is -0.137. The van der Waals surface area contributed by atoms with Crippen LogP contribution in [0.15, 0.2) is 53.4 Å². The van der Waals surface area contributed by atoms with E-state index in [1.165, 1.54) is 24.3 Å². The predicted molar refractivity (Wildman–Crippen MR) is 103 cm³/mol. The Balaban J connectivity index is 1.86. The fourth-order valence-electron chi connectivity index (χ4n) is 2.40. The van der Waals surface area contributed by atoms with Crippen molar-refractivity contribution in [2.24, 2.45) is 0 Å². The molecule has 10 heteroatoms. The number of hydrogen-bond donors (Lipinski definition) is 1. The predicted octanol–water partition coefficient (Wildman–Crippen LogP) is 5.80. The zero-order valence-corrected chi connectivity index (χ0v) is 15.4. The molecule has 2 aromatic carbocycles. The van der Waals surface area contributed by atoms with Crippen LogP contribution in [0.25, 0.3) is 6.08 Å². The molecule has 0 radical (unpaired) electrons. The minimum absolute atomic E-state index is 0.0333. The number of carbonyl (C=O) groups is 2. The van der Waals surface area contributed by atoms with E-state index in [2.05, 4.69) is 4.74 Å². The van der Waals surface area contributed by atoms with Crippen LogP contribution in [0, 0.1) is 0 Å². The molecule has 1 aliphatic rings. The summed E-state index contributed by atoms with van der Waals surface area (Å²) in [7, 11) is 0. The standard InChI is InChI=1S/C18H10F3NO4S2/c19-18(20,21)11-2-1-3-12(9-11)22-15(27)14(28-16(22)23)8-10-4-6-13(7-5-10)26-17(24)25/h1-9H,(H,24,25)/b14-8-. The summed E-state index contributed by atoms with van der Waals surface area (Å²) in [4.78, 5) is 24.3. The molecule has 1 aliphatic heterocycles. The van der Waals surface area contributed by atoms with Crippen molar-refractivity contribution in [2.75, 3.05) is 4.90 Å². The minimum Gasteiger partial charge on any atom is -0.449 e. The summed E-state index contributed by atoms with van der Waals surface area (Å²) in [5, 5.41) is 8.06. The van der Waals surface area contributed by atoms with Gasteiger partial charge in [0, 0.05) is 0 Å². The van der Waals surface area contributed by atoms with E-state index >= 15 is 0 Å². The largest absolute Gasteiger partial charge is 0.511 e. The number of carbonyl (C=O) groups excluding carboxylic acids is 1. The van der Waals surface area contributed by atoms with E-state index in [0.29, 0.717) is 10.5 Å². The van der Waals surface area contributed by atoms with Gasteiger partial charge in [0.15, 0.2) is 0 Å². The third kappa shape index (κ3) is 4.34. The Morgan fingerprint density at radius 2 is 1.86 bits per heavy atom.